The highest BCUT2D eigenvalue weighted by molar-refractivity contribution is 5.73. The minimum atomic E-state index is -0.242. The molecule has 3 heteroatoms. The highest BCUT2D eigenvalue weighted by atomic mass is 16.6. The fourth-order valence-electron chi connectivity index (χ4n) is 2.19. The monoisotopic (exact) mass is 298 g/mol. The summed E-state index contributed by atoms with van der Waals surface area (Å²) >= 11 is 0. The SMILES string of the molecule is CCOc1cc(CC)ccc1OC(=O)CCc1ccccc1. The molecule has 0 unspecified atom stereocenters. The maximum atomic E-state index is 12.0. The smallest absolute Gasteiger partial charge is 0.311 e. The molecule has 0 amide bonds. The quantitative estimate of drug-likeness (QED) is 0.568. The van der Waals surface area contributed by atoms with Crippen molar-refractivity contribution in [1.82, 2.24) is 0 Å². The van der Waals surface area contributed by atoms with Gasteiger partial charge in [-0.2, -0.15) is 0 Å². The summed E-state index contributed by atoms with van der Waals surface area (Å²) in [6, 6.07) is 15.6. The molecule has 0 aliphatic heterocycles. The van der Waals surface area contributed by atoms with Gasteiger partial charge in [0.15, 0.2) is 11.5 Å². The van der Waals surface area contributed by atoms with Crippen LogP contribution in [0.2, 0.25) is 0 Å². The third-order valence-corrected chi connectivity index (χ3v) is 3.40. The van der Waals surface area contributed by atoms with E-state index in [1.807, 2.05) is 55.5 Å². The van der Waals surface area contributed by atoms with Crippen LogP contribution in [0.25, 0.3) is 0 Å². The van der Waals surface area contributed by atoms with Crippen LogP contribution in [0.1, 0.15) is 31.4 Å². The molecule has 2 aromatic carbocycles. The van der Waals surface area contributed by atoms with Crippen LogP contribution in [-0.4, -0.2) is 12.6 Å². The Morgan fingerprint density at radius 1 is 0.955 bits per heavy atom. The van der Waals surface area contributed by atoms with Crippen molar-refractivity contribution >= 4 is 5.97 Å². The van der Waals surface area contributed by atoms with Gasteiger partial charge in [0.05, 0.1) is 6.61 Å². The molecule has 0 fully saturated rings. The minimum Gasteiger partial charge on any atom is -0.490 e. The molecule has 0 aliphatic rings. The number of benzene rings is 2. The molecule has 0 saturated heterocycles. The van der Waals surface area contributed by atoms with Crippen LogP contribution in [0.15, 0.2) is 48.5 Å². The number of aryl methyl sites for hydroxylation is 2. The zero-order valence-electron chi connectivity index (χ0n) is 13.2. The molecule has 0 aliphatic carbocycles. The molecule has 3 nitrogen and oxygen atoms in total. The molecular weight excluding hydrogens is 276 g/mol. The third-order valence-electron chi connectivity index (χ3n) is 3.40. The van der Waals surface area contributed by atoms with Gasteiger partial charge in [0, 0.05) is 6.42 Å². The van der Waals surface area contributed by atoms with Crippen molar-refractivity contribution in [3.63, 3.8) is 0 Å². The average Bonchev–Trinajstić information content (AvgIpc) is 2.56. The summed E-state index contributed by atoms with van der Waals surface area (Å²) in [6.07, 6.45) is 1.95. The van der Waals surface area contributed by atoms with Crippen molar-refractivity contribution in [2.75, 3.05) is 6.61 Å². The van der Waals surface area contributed by atoms with Gasteiger partial charge in [-0.3, -0.25) is 4.79 Å². The normalized spacial score (nSPS) is 10.3. The molecule has 0 spiro atoms. The van der Waals surface area contributed by atoms with E-state index in [1.54, 1.807) is 0 Å². The maximum absolute atomic E-state index is 12.0. The number of rotatable bonds is 7. The fraction of sp³-hybridized carbons (Fsp3) is 0.316. The van der Waals surface area contributed by atoms with Crippen molar-refractivity contribution in [3.05, 3.63) is 59.7 Å². The zero-order valence-corrected chi connectivity index (χ0v) is 13.2. The first-order valence-corrected chi connectivity index (χ1v) is 7.73. The Kier molecular flexibility index (Phi) is 6.01. The summed E-state index contributed by atoms with van der Waals surface area (Å²) in [7, 11) is 0. The third kappa shape index (κ3) is 4.62. The Hall–Kier alpha value is -2.29. The first-order chi connectivity index (χ1) is 10.7. The van der Waals surface area contributed by atoms with E-state index in [0.29, 0.717) is 30.9 Å². The number of hydrogen-bond acceptors (Lipinski definition) is 3. The molecule has 0 atom stereocenters. The van der Waals surface area contributed by atoms with Crippen LogP contribution in [0.5, 0.6) is 11.5 Å². The van der Waals surface area contributed by atoms with E-state index in [2.05, 4.69) is 6.92 Å². The summed E-state index contributed by atoms with van der Waals surface area (Å²) in [6.45, 7) is 4.54. The van der Waals surface area contributed by atoms with Crippen LogP contribution >= 0.6 is 0 Å². The van der Waals surface area contributed by atoms with E-state index in [-0.39, 0.29) is 5.97 Å². The standard InChI is InChI=1S/C19H22O3/c1-3-15-10-12-17(18(14-15)21-4-2)22-19(20)13-11-16-8-6-5-7-9-16/h5-10,12,14H,3-4,11,13H2,1-2H3. The number of carbonyl (C=O) groups excluding carboxylic acids is 1. The van der Waals surface area contributed by atoms with Crippen molar-refractivity contribution < 1.29 is 14.3 Å². The Bertz CT molecular complexity index is 605. The molecule has 2 aromatic rings. The number of esters is 1. The highest BCUT2D eigenvalue weighted by Crippen LogP contribution is 2.29. The van der Waals surface area contributed by atoms with Gasteiger partial charge in [-0.15, -0.1) is 0 Å². The molecule has 116 valence electrons. The van der Waals surface area contributed by atoms with Gasteiger partial charge in [0.2, 0.25) is 0 Å². The van der Waals surface area contributed by atoms with E-state index in [0.717, 1.165) is 17.5 Å². The second kappa shape index (κ2) is 8.23. The first kappa shape index (κ1) is 16.1. The second-order valence-electron chi connectivity index (χ2n) is 5.03. The van der Waals surface area contributed by atoms with Crippen molar-refractivity contribution in [2.24, 2.45) is 0 Å². The van der Waals surface area contributed by atoms with Gasteiger partial charge >= 0.3 is 5.97 Å². The summed E-state index contributed by atoms with van der Waals surface area (Å²) < 4.78 is 11.0. The summed E-state index contributed by atoms with van der Waals surface area (Å²) in [5.41, 5.74) is 2.29. The van der Waals surface area contributed by atoms with E-state index in [1.165, 1.54) is 0 Å². The van der Waals surface area contributed by atoms with Crippen LogP contribution in [-0.2, 0) is 17.6 Å². The molecule has 0 saturated carbocycles. The molecule has 0 bridgehead atoms. The fourth-order valence-corrected chi connectivity index (χ4v) is 2.19. The van der Waals surface area contributed by atoms with Gasteiger partial charge in [0.1, 0.15) is 0 Å². The lowest BCUT2D eigenvalue weighted by Gasteiger charge is -2.12. The highest BCUT2D eigenvalue weighted by Gasteiger charge is 2.11. The predicted molar refractivity (Wildman–Crippen MR) is 87.4 cm³/mol. The molecule has 0 heterocycles. The Morgan fingerprint density at radius 2 is 1.73 bits per heavy atom. The molecule has 22 heavy (non-hydrogen) atoms. The molecule has 0 aromatic heterocycles. The van der Waals surface area contributed by atoms with E-state index < -0.39 is 0 Å². The second-order valence-corrected chi connectivity index (χ2v) is 5.03. The number of hydrogen-bond donors (Lipinski definition) is 0. The lowest BCUT2D eigenvalue weighted by atomic mass is 10.1. The number of carbonyl (C=O) groups is 1. The lowest BCUT2D eigenvalue weighted by molar-refractivity contribution is -0.134. The zero-order chi connectivity index (χ0) is 15.8. The largest absolute Gasteiger partial charge is 0.490 e. The summed E-state index contributed by atoms with van der Waals surface area (Å²) in [5.74, 6) is 0.890. The van der Waals surface area contributed by atoms with Gasteiger partial charge in [-0.25, -0.2) is 0 Å². The Labute approximate surface area is 131 Å². The lowest BCUT2D eigenvalue weighted by Crippen LogP contribution is -2.10. The Morgan fingerprint density at radius 3 is 2.41 bits per heavy atom. The van der Waals surface area contributed by atoms with Crippen LogP contribution in [0.3, 0.4) is 0 Å². The van der Waals surface area contributed by atoms with Crippen molar-refractivity contribution in [1.29, 1.82) is 0 Å². The number of ether oxygens (including phenoxy) is 2. The average molecular weight is 298 g/mol. The van der Waals surface area contributed by atoms with Crippen LogP contribution in [0, 0.1) is 0 Å². The summed E-state index contributed by atoms with van der Waals surface area (Å²) in [4.78, 5) is 12.0. The molecule has 2 rings (SSSR count). The van der Waals surface area contributed by atoms with E-state index >= 15 is 0 Å². The van der Waals surface area contributed by atoms with Gasteiger partial charge < -0.3 is 9.47 Å². The van der Waals surface area contributed by atoms with E-state index in [4.69, 9.17) is 9.47 Å². The Balaban J connectivity index is 1.98. The van der Waals surface area contributed by atoms with Gasteiger partial charge in [0.25, 0.3) is 0 Å². The molecular formula is C19H22O3. The van der Waals surface area contributed by atoms with Gasteiger partial charge in [-0.1, -0.05) is 43.3 Å². The van der Waals surface area contributed by atoms with Crippen molar-refractivity contribution in [2.45, 2.75) is 33.1 Å². The van der Waals surface area contributed by atoms with Crippen molar-refractivity contribution in [3.8, 4) is 11.5 Å². The van der Waals surface area contributed by atoms with Crippen LogP contribution in [0.4, 0.5) is 0 Å². The maximum Gasteiger partial charge on any atom is 0.311 e. The van der Waals surface area contributed by atoms with Crippen LogP contribution < -0.4 is 9.47 Å². The minimum absolute atomic E-state index is 0.242. The molecule has 0 N–H and O–H groups in total. The topological polar surface area (TPSA) is 35.5 Å². The summed E-state index contributed by atoms with van der Waals surface area (Å²) in [5, 5.41) is 0. The molecule has 0 radical (unpaired) electrons. The van der Waals surface area contributed by atoms with E-state index in [9.17, 15) is 4.79 Å². The van der Waals surface area contributed by atoms with Gasteiger partial charge in [-0.05, 0) is 43.0 Å². The predicted octanol–water partition coefficient (Wildman–Crippen LogP) is 4.19. The first-order valence-electron chi connectivity index (χ1n) is 7.73.